The molecule has 0 spiro atoms. The second-order valence-corrected chi connectivity index (χ2v) is 6.93. The van der Waals surface area contributed by atoms with Crippen LogP contribution in [0.15, 0.2) is 0 Å². The minimum atomic E-state index is -0.687. The highest BCUT2D eigenvalue weighted by atomic mass is 16.5. The van der Waals surface area contributed by atoms with Gasteiger partial charge in [-0.3, -0.25) is 9.59 Å². The van der Waals surface area contributed by atoms with Gasteiger partial charge >= 0.3 is 0 Å². The number of piperazine rings is 1. The molecule has 3 fully saturated rings. The van der Waals surface area contributed by atoms with Crippen molar-refractivity contribution in [1.82, 2.24) is 10.2 Å². The van der Waals surface area contributed by atoms with E-state index < -0.39 is 5.54 Å². The summed E-state index contributed by atoms with van der Waals surface area (Å²) in [6.07, 6.45) is 5.74. The third kappa shape index (κ3) is 2.35. The molecule has 0 aromatic carbocycles. The van der Waals surface area contributed by atoms with Crippen molar-refractivity contribution < 1.29 is 14.3 Å². The Morgan fingerprint density at radius 1 is 1.29 bits per heavy atom. The van der Waals surface area contributed by atoms with Crippen LogP contribution < -0.4 is 5.32 Å². The fourth-order valence-electron chi connectivity index (χ4n) is 4.05. The van der Waals surface area contributed by atoms with Crippen LogP contribution in [0.5, 0.6) is 0 Å². The highest BCUT2D eigenvalue weighted by Crippen LogP contribution is 2.43. The maximum Gasteiger partial charge on any atom is 0.249 e. The summed E-state index contributed by atoms with van der Waals surface area (Å²) in [7, 11) is 1.73. The standard InChI is InChI=1S/C16H26N2O3/c1-4-13-14(19)17-16(2,10-5-6-10)15(20)18(13)11-7-8-12(9-11)21-3/h10-13H,4-9H2,1-3H3,(H,17,19). The van der Waals surface area contributed by atoms with Crippen LogP contribution in [0.25, 0.3) is 0 Å². The second-order valence-electron chi connectivity index (χ2n) is 6.93. The molecular formula is C16H26N2O3. The van der Waals surface area contributed by atoms with Crippen LogP contribution >= 0.6 is 0 Å². The van der Waals surface area contributed by atoms with E-state index in [1.165, 1.54) is 0 Å². The third-order valence-electron chi connectivity index (χ3n) is 5.56. The Hall–Kier alpha value is -1.10. The molecule has 3 aliphatic rings. The van der Waals surface area contributed by atoms with E-state index in [0.29, 0.717) is 12.3 Å². The van der Waals surface area contributed by atoms with Gasteiger partial charge in [-0.2, -0.15) is 0 Å². The molecule has 1 saturated heterocycles. The summed E-state index contributed by atoms with van der Waals surface area (Å²) >= 11 is 0. The number of hydrogen-bond acceptors (Lipinski definition) is 3. The van der Waals surface area contributed by atoms with Crippen molar-refractivity contribution in [2.75, 3.05) is 7.11 Å². The number of hydrogen-bond donors (Lipinski definition) is 1. The van der Waals surface area contributed by atoms with Gasteiger partial charge in [0, 0.05) is 13.2 Å². The van der Waals surface area contributed by atoms with Gasteiger partial charge in [0.15, 0.2) is 0 Å². The van der Waals surface area contributed by atoms with Gasteiger partial charge in [0.1, 0.15) is 11.6 Å². The first kappa shape index (κ1) is 14.8. The van der Waals surface area contributed by atoms with Crippen molar-refractivity contribution in [2.45, 2.75) is 76.1 Å². The summed E-state index contributed by atoms with van der Waals surface area (Å²) in [6.45, 7) is 3.89. The third-order valence-corrected chi connectivity index (χ3v) is 5.56. The van der Waals surface area contributed by atoms with Crippen molar-refractivity contribution in [1.29, 1.82) is 0 Å². The summed E-state index contributed by atoms with van der Waals surface area (Å²) in [4.78, 5) is 27.5. The molecule has 21 heavy (non-hydrogen) atoms. The number of rotatable bonds is 4. The first-order valence-electron chi connectivity index (χ1n) is 8.18. The highest BCUT2D eigenvalue weighted by molar-refractivity contribution is 6.00. The minimum Gasteiger partial charge on any atom is -0.381 e. The number of carbonyl (C=O) groups is 2. The van der Waals surface area contributed by atoms with E-state index in [0.717, 1.165) is 32.1 Å². The average Bonchev–Trinajstić information content (AvgIpc) is 3.22. The average molecular weight is 294 g/mol. The van der Waals surface area contributed by atoms with E-state index in [4.69, 9.17) is 4.74 Å². The summed E-state index contributed by atoms with van der Waals surface area (Å²) < 4.78 is 5.44. The zero-order valence-electron chi connectivity index (χ0n) is 13.2. The number of ether oxygens (including phenoxy) is 1. The molecule has 1 heterocycles. The van der Waals surface area contributed by atoms with Gasteiger partial charge in [0.25, 0.3) is 0 Å². The smallest absolute Gasteiger partial charge is 0.249 e. The summed E-state index contributed by atoms with van der Waals surface area (Å²) in [5.74, 6) is 0.458. The Labute approximate surface area is 126 Å². The minimum absolute atomic E-state index is 0.0207. The zero-order valence-corrected chi connectivity index (χ0v) is 13.2. The Morgan fingerprint density at radius 3 is 2.52 bits per heavy atom. The molecule has 5 nitrogen and oxygen atoms in total. The Kier molecular flexibility index (Phi) is 3.72. The van der Waals surface area contributed by atoms with E-state index >= 15 is 0 Å². The topological polar surface area (TPSA) is 58.6 Å². The molecule has 1 N–H and O–H groups in total. The molecule has 118 valence electrons. The van der Waals surface area contributed by atoms with Crippen molar-refractivity contribution in [2.24, 2.45) is 5.92 Å². The monoisotopic (exact) mass is 294 g/mol. The van der Waals surface area contributed by atoms with Crippen molar-refractivity contribution in [3.63, 3.8) is 0 Å². The van der Waals surface area contributed by atoms with Crippen LogP contribution in [-0.2, 0) is 14.3 Å². The lowest BCUT2D eigenvalue weighted by atomic mass is 9.87. The van der Waals surface area contributed by atoms with Gasteiger partial charge in [-0.25, -0.2) is 0 Å². The van der Waals surface area contributed by atoms with Gasteiger partial charge in [-0.15, -0.1) is 0 Å². The molecule has 2 saturated carbocycles. The van der Waals surface area contributed by atoms with Crippen molar-refractivity contribution in [3.05, 3.63) is 0 Å². The maximum atomic E-state index is 13.1. The normalized spacial score (nSPS) is 40.5. The van der Waals surface area contributed by atoms with E-state index in [1.807, 2.05) is 18.7 Å². The van der Waals surface area contributed by atoms with Gasteiger partial charge in [-0.05, 0) is 51.4 Å². The highest BCUT2D eigenvalue weighted by Gasteiger charge is 2.56. The number of amides is 2. The van der Waals surface area contributed by atoms with Gasteiger partial charge in [0.2, 0.25) is 11.8 Å². The number of nitrogens with zero attached hydrogens (tertiary/aromatic N) is 1. The second kappa shape index (κ2) is 5.27. The molecule has 2 amide bonds. The molecule has 3 rings (SSSR count). The Balaban J connectivity index is 1.86. The van der Waals surface area contributed by atoms with E-state index in [2.05, 4.69) is 5.32 Å². The van der Waals surface area contributed by atoms with E-state index in [-0.39, 0.29) is 30.0 Å². The lowest BCUT2D eigenvalue weighted by Crippen LogP contribution is -2.71. The molecule has 0 aromatic heterocycles. The molecule has 4 atom stereocenters. The quantitative estimate of drug-likeness (QED) is 0.854. The Morgan fingerprint density at radius 2 is 2.00 bits per heavy atom. The van der Waals surface area contributed by atoms with Gasteiger partial charge in [0.05, 0.1) is 6.10 Å². The lowest BCUT2D eigenvalue weighted by Gasteiger charge is -2.47. The molecular weight excluding hydrogens is 268 g/mol. The lowest BCUT2D eigenvalue weighted by molar-refractivity contribution is -0.158. The van der Waals surface area contributed by atoms with Crippen LogP contribution in [0.2, 0.25) is 0 Å². The van der Waals surface area contributed by atoms with E-state index in [1.54, 1.807) is 7.11 Å². The van der Waals surface area contributed by atoms with Crippen LogP contribution in [-0.4, -0.2) is 47.6 Å². The predicted octanol–water partition coefficient (Wildman–Crippen LogP) is 1.46. The summed E-state index contributed by atoms with van der Waals surface area (Å²) in [5.41, 5.74) is -0.687. The summed E-state index contributed by atoms with van der Waals surface area (Å²) in [5, 5.41) is 3.02. The molecule has 0 bridgehead atoms. The molecule has 2 aliphatic carbocycles. The summed E-state index contributed by atoms with van der Waals surface area (Å²) in [6, 6.07) is -0.165. The maximum absolute atomic E-state index is 13.1. The van der Waals surface area contributed by atoms with Crippen LogP contribution in [0.4, 0.5) is 0 Å². The molecule has 1 aliphatic heterocycles. The van der Waals surface area contributed by atoms with Crippen LogP contribution in [0, 0.1) is 5.92 Å². The van der Waals surface area contributed by atoms with Crippen molar-refractivity contribution in [3.8, 4) is 0 Å². The van der Waals surface area contributed by atoms with Crippen LogP contribution in [0.3, 0.4) is 0 Å². The van der Waals surface area contributed by atoms with Gasteiger partial charge < -0.3 is 15.0 Å². The molecule has 0 radical (unpaired) electrons. The SMILES string of the molecule is CCC1C(=O)NC(C)(C2CC2)C(=O)N1C1CCC(OC)C1. The Bertz CT molecular complexity index is 449. The predicted molar refractivity (Wildman–Crippen MR) is 78.6 cm³/mol. The van der Waals surface area contributed by atoms with Crippen LogP contribution in [0.1, 0.15) is 52.4 Å². The number of carbonyl (C=O) groups excluding carboxylic acids is 2. The van der Waals surface area contributed by atoms with Gasteiger partial charge in [-0.1, -0.05) is 6.92 Å². The zero-order chi connectivity index (χ0) is 15.2. The number of methoxy groups -OCH3 is 1. The van der Waals surface area contributed by atoms with E-state index in [9.17, 15) is 9.59 Å². The first-order chi connectivity index (χ1) is 10.0. The largest absolute Gasteiger partial charge is 0.381 e. The fraction of sp³-hybridized carbons (Fsp3) is 0.875. The first-order valence-corrected chi connectivity index (χ1v) is 8.18. The molecule has 0 aromatic rings. The fourth-order valence-corrected chi connectivity index (χ4v) is 4.05. The molecule has 4 unspecified atom stereocenters. The van der Waals surface area contributed by atoms with Crippen molar-refractivity contribution >= 4 is 11.8 Å². The molecule has 5 heteroatoms. The number of nitrogens with one attached hydrogen (secondary N) is 1.